The second-order valence-electron chi connectivity index (χ2n) is 5.54. The zero-order chi connectivity index (χ0) is 18.0. The highest BCUT2D eigenvalue weighted by atomic mass is 79.9. The number of benzene rings is 1. The Bertz CT molecular complexity index is 870. The molecule has 0 spiro atoms. The van der Waals surface area contributed by atoms with E-state index in [1.54, 1.807) is 30.3 Å². The van der Waals surface area contributed by atoms with E-state index in [0.29, 0.717) is 5.69 Å². The van der Waals surface area contributed by atoms with Gasteiger partial charge >= 0.3 is 6.03 Å². The summed E-state index contributed by atoms with van der Waals surface area (Å²) in [5.41, 5.74) is 1.51. The number of carbonyl (C=O) groups is 3. The van der Waals surface area contributed by atoms with Gasteiger partial charge in [-0.2, -0.15) is 0 Å². The third-order valence-electron chi connectivity index (χ3n) is 3.56. The molecule has 0 atom stereocenters. The molecule has 2 N–H and O–H groups in total. The van der Waals surface area contributed by atoms with Gasteiger partial charge in [-0.15, -0.1) is 0 Å². The largest absolute Gasteiger partial charge is 0.357 e. The zero-order valence-corrected chi connectivity index (χ0v) is 14.9. The van der Waals surface area contributed by atoms with E-state index in [1.807, 2.05) is 30.1 Å². The third-order valence-corrected chi connectivity index (χ3v) is 4.09. The summed E-state index contributed by atoms with van der Waals surface area (Å²) in [5, 5.41) is 5.14. The first-order valence-corrected chi connectivity index (χ1v) is 8.23. The van der Waals surface area contributed by atoms with Crippen molar-refractivity contribution in [2.24, 2.45) is 7.05 Å². The lowest BCUT2D eigenvalue weighted by molar-refractivity contribution is -0.127. The van der Waals surface area contributed by atoms with Gasteiger partial charge in [0.25, 0.3) is 5.91 Å². The van der Waals surface area contributed by atoms with Crippen LogP contribution in [-0.4, -0.2) is 33.9 Å². The second kappa shape index (κ2) is 6.94. The number of amides is 4. The average Bonchev–Trinajstić information content (AvgIpc) is 3.08. The van der Waals surface area contributed by atoms with E-state index in [0.717, 1.165) is 14.9 Å². The predicted molar refractivity (Wildman–Crippen MR) is 96.4 cm³/mol. The van der Waals surface area contributed by atoms with Crippen molar-refractivity contribution in [3.63, 3.8) is 0 Å². The van der Waals surface area contributed by atoms with Crippen molar-refractivity contribution in [1.82, 2.24) is 14.8 Å². The Morgan fingerprint density at radius 2 is 1.96 bits per heavy atom. The molecule has 1 aliphatic rings. The number of urea groups is 1. The molecule has 128 valence electrons. The second-order valence-corrected chi connectivity index (χ2v) is 6.46. The monoisotopic (exact) mass is 402 g/mol. The standard InChI is InChI=1S/C17H15BrN4O3/c1-21-7-6-11(9-21)8-14-16(24)22(17(25)20-14)10-15(23)19-13-4-2-12(18)3-5-13/h2-9H,10H2,1H3,(H,19,23)(H,20,25)/b14-8+. The highest BCUT2D eigenvalue weighted by Crippen LogP contribution is 2.16. The number of hydrogen-bond donors (Lipinski definition) is 2. The van der Waals surface area contributed by atoms with Crippen LogP contribution in [0, 0.1) is 0 Å². The van der Waals surface area contributed by atoms with E-state index in [9.17, 15) is 14.4 Å². The highest BCUT2D eigenvalue weighted by molar-refractivity contribution is 9.10. The Morgan fingerprint density at radius 3 is 2.60 bits per heavy atom. The molecule has 2 heterocycles. The van der Waals surface area contributed by atoms with Crippen molar-refractivity contribution in [1.29, 1.82) is 0 Å². The fourth-order valence-corrected chi connectivity index (χ4v) is 2.63. The van der Waals surface area contributed by atoms with Gasteiger partial charge in [0.05, 0.1) is 0 Å². The number of anilines is 1. The average molecular weight is 403 g/mol. The van der Waals surface area contributed by atoms with E-state index >= 15 is 0 Å². The maximum Gasteiger partial charge on any atom is 0.329 e. The minimum atomic E-state index is -0.613. The Balaban J connectivity index is 1.67. The topological polar surface area (TPSA) is 83.4 Å². The fourth-order valence-electron chi connectivity index (χ4n) is 2.37. The van der Waals surface area contributed by atoms with Crippen molar-refractivity contribution in [3.05, 3.63) is 58.5 Å². The van der Waals surface area contributed by atoms with Crippen molar-refractivity contribution >= 4 is 45.5 Å². The molecule has 8 heteroatoms. The van der Waals surface area contributed by atoms with Crippen molar-refractivity contribution in [2.45, 2.75) is 0 Å². The van der Waals surface area contributed by atoms with Crippen LogP contribution in [0.15, 0.2) is 52.9 Å². The Kier molecular flexibility index (Phi) is 4.71. The summed E-state index contributed by atoms with van der Waals surface area (Å²) in [6.07, 6.45) is 5.22. The first kappa shape index (κ1) is 17.0. The number of nitrogens with one attached hydrogen (secondary N) is 2. The Hall–Kier alpha value is -2.87. The molecule has 3 rings (SSSR count). The number of hydrogen-bond acceptors (Lipinski definition) is 3. The summed E-state index contributed by atoms with van der Waals surface area (Å²) in [6.45, 7) is -0.354. The molecule has 0 saturated carbocycles. The number of nitrogens with zero attached hydrogens (tertiary/aromatic N) is 2. The van der Waals surface area contributed by atoms with Crippen molar-refractivity contribution in [3.8, 4) is 0 Å². The van der Waals surface area contributed by atoms with Crippen LogP contribution >= 0.6 is 15.9 Å². The molecule has 1 fully saturated rings. The van der Waals surface area contributed by atoms with Crippen LogP contribution in [0.5, 0.6) is 0 Å². The number of imide groups is 1. The first-order chi connectivity index (χ1) is 11.9. The lowest BCUT2D eigenvalue weighted by Crippen LogP contribution is -2.38. The summed E-state index contributed by atoms with van der Waals surface area (Å²) in [7, 11) is 1.86. The van der Waals surface area contributed by atoms with Crippen LogP contribution in [0.2, 0.25) is 0 Å². The highest BCUT2D eigenvalue weighted by Gasteiger charge is 2.34. The quantitative estimate of drug-likeness (QED) is 0.607. The van der Waals surface area contributed by atoms with Gasteiger partial charge in [-0.25, -0.2) is 9.69 Å². The van der Waals surface area contributed by atoms with Crippen LogP contribution in [0.3, 0.4) is 0 Å². The van der Waals surface area contributed by atoms with Gasteiger partial charge < -0.3 is 15.2 Å². The SMILES string of the molecule is Cn1ccc(/C=C2/NC(=O)N(CC(=O)Nc3ccc(Br)cc3)C2=O)c1. The molecule has 2 aromatic rings. The number of carbonyl (C=O) groups excluding carboxylic acids is 3. The molecule has 0 aliphatic carbocycles. The van der Waals surface area contributed by atoms with Gasteiger partial charge in [-0.05, 0) is 42.0 Å². The minimum Gasteiger partial charge on any atom is -0.357 e. The zero-order valence-electron chi connectivity index (χ0n) is 13.3. The Labute approximate surface area is 152 Å². The molecule has 1 saturated heterocycles. The van der Waals surface area contributed by atoms with Crippen molar-refractivity contribution in [2.75, 3.05) is 11.9 Å². The summed E-state index contributed by atoms with van der Waals surface area (Å²) in [5.74, 6) is -0.980. The summed E-state index contributed by atoms with van der Waals surface area (Å²) in [4.78, 5) is 37.3. The smallest absolute Gasteiger partial charge is 0.329 e. The molecule has 1 aromatic carbocycles. The van der Waals surface area contributed by atoms with Gasteiger partial charge in [0.1, 0.15) is 12.2 Å². The fraction of sp³-hybridized carbons (Fsp3) is 0.118. The van der Waals surface area contributed by atoms with Gasteiger partial charge in [-0.3, -0.25) is 9.59 Å². The predicted octanol–water partition coefficient (Wildman–Crippen LogP) is 2.32. The van der Waals surface area contributed by atoms with Crippen LogP contribution in [0.25, 0.3) is 6.08 Å². The van der Waals surface area contributed by atoms with Gasteiger partial charge in [0.15, 0.2) is 0 Å². The normalized spacial score (nSPS) is 15.6. The minimum absolute atomic E-state index is 0.146. The third kappa shape index (κ3) is 3.97. The molecule has 25 heavy (non-hydrogen) atoms. The van der Waals surface area contributed by atoms with E-state index in [-0.39, 0.29) is 12.2 Å². The van der Waals surface area contributed by atoms with Gasteiger partial charge in [-0.1, -0.05) is 15.9 Å². The van der Waals surface area contributed by atoms with E-state index in [4.69, 9.17) is 0 Å². The van der Waals surface area contributed by atoms with Crippen LogP contribution < -0.4 is 10.6 Å². The molecule has 0 unspecified atom stereocenters. The molecule has 7 nitrogen and oxygen atoms in total. The first-order valence-electron chi connectivity index (χ1n) is 7.44. The molecule has 1 aromatic heterocycles. The number of aryl methyl sites for hydroxylation is 1. The Morgan fingerprint density at radius 1 is 1.24 bits per heavy atom. The van der Waals surface area contributed by atoms with Crippen LogP contribution in [-0.2, 0) is 16.6 Å². The van der Waals surface area contributed by atoms with E-state index < -0.39 is 17.8 Å². The van der Waals surface area contributed by atoms with Crippen molar-refractivity contribution < 1.29 is 14.4 Å². The number of aromatic nitrogens is 1. The van der Waals surface area contributed by atoms with Gasteiger partial charge in [0.2, 0.25) is 5.91 Å². The maximum absolute atomic E-state index is 12.3. The molecule has 1 aliphatic heterocycles. The number of rotatable bonds is 4. The lowest BCUT2D eigenvalue weighted by Gasteiger charge is -2.12. The molecule has 0 bridgehead atoms. The number of halogens is 1. The summed E-state index contributed by atoms with van der Waals surface area (Å²) >= 11 is 3.31. The molecular weight excluding hydrogens is 388 g/mol. The van der Waals surface area contributed by atoms with Crippen LogP contribution in [0.4, 0.5) is 10.5 Å². The van der Waals surface area contributed by atoms with Crippen LogP contribution in [0.1, 0.15) is 5.56 Å². The summed E-state index contributed by atoms with van der Waals surface area (Å²) in [6, 6.07) is 8.20. The maximum atomic E-state index is 12.3. The molecule has 0 radical (unpaired) electrons. The van der Waals surface area contributed by atoms with E-state index in [2.05, 4.69) is 26.6 Å². The molecule has 4 amide bonds. The lowest BCUT2D eigenvalue weighted by atomic mass is 10.2. The van der Waals surface area contributed by atoms with E-state index in [1.165, 1.54) is 0 Å². The molecular formula is C17H15BrN4O3. The summed E-state index contributed by atoms with van der Waals surface area (Å²) < 4.78 is 2.71. The van der Waals surface area contributed by atoms with Gasteiger partial charge in [0, 0.05) is 29.6 Å².